The second-order valence-corrected chi connectivity index (χ2v) is 7.84. The van der Waals surface area contributed by atoms with Crippen LogP contribution >= 0.6 is 11.6 Å². The fourth-order valence-corrected chi connectivity index (χ4v) is 3.60. The number of nitrogens with two attached hydrogens (primary N) is 1. The molecule has 3 heterocycles. The molecule has 0 spiro atoms. The van der Waals surface area contributed by atoms with Gasteiger partial charge in [-0.3, -0.25) is 0 Å². The fraction of sp³-hybridized carbons (Fsp3) is 0.526. The Morgan fingerprint density at radius 1 is 1.37 bits per heavy atom. The molecule has 0 unspecified atom stereocenters. The summed E-state index contributed by atoms with van der Waals surface area (Å²) in [5.41, 5.74) is 7.82. The number of hydrogen-bond donors (Lipinski definition) is 2. The van der Waals surface area contributed by atoms with Crippen molar-refractivity contribution in [2.45, 2.75) is 46.3 Å². The summed E-state index contributed by atoms with van der Waals surface area (Å²) in [5.74, 6) is 0.00455. The highest BCUT2D eigenvalue weighted by atomic mass is 35.5. The van der Waals surface area contributed by atoms with Crippen LogP contribution in [-0.4, -0.2) is 39.2 Å². The Balaban J connectivity index is 1.95. The third-order valence-corrected chi connectivity index (χ3v) is 5.94. The molecule has 1 atom stereocenters. The van der Waals surface area contributed by atoms with Gasteiger partial charge < -0.3 is 15.7 Å². The van der Waals surface area contributed by atoms with E-state index < -0.39 is 5.82 Å². The number of hydrogen-bond acceptors (Lipinski definition) is 6. The predicted octanol–water partition coefficient (Wildman–Crippen LogP) is 3.09. The van der Waals surface area contributed by atoms with E-state index in [0.717, 1.165) is 25.9 Å². The van der Waals surface area contributed by atoms with Crippen molar-refractivity contribution in [2.75, 3.05) is 18.0 Å². The topological polar surface area (TPSA) is 88.2 Å². The Hall–Kier alpha value is -1.83. The van der Waals surface area contributed by atoms with E-state index in [2.05, 4.69) is 26.8 Å². The molecule has 8 heteroatoms. The monoisotopic (exact) mass is 393 g/mol. The van der Waals surface area contributed by atoms with Crippen LogP contribution in [0.25, 0.3) is 11.3 Å². The first-order valence-corrected chi connectivity index (χ1v) is 9.44. The van der Waals surface area contributed by atoms with Gasteiger partial charge in [-0.2, -0.15) is 0 Å². The lowest BCUT2D eigenvalue weighted by Crippen LogP contribution is -2.47. The Bertz CT molecular complexity index is 837. The predicted molar refractivity (Wildman–Crippen MR) is 104 cm³/mol. The summed E-state index contributed by atoms with van der Waals surface area (Å²) in [7, 11) is 0. The van der Waals surface area contributed by atoms with Gasteiger partial charge in [-0.1, -0.05) is 18.5 Å². The quantitative estimate of drug-likeness (QED) is 0.776. The fourth-order valence-electron chi connectivity index (χ4n) is 3.44. The van der Waals surface area contributed by atoms with Gasteiger partial charge in [0.05, 0.1) is 18.0 Å². The van der Waals surface area contributed by atoms with Crippen molar-refractivity contribution in [3.63, 3.8) is 0 Å². The molecule has 3 N–H and O–H groups in total. The maximum absolute atomic E-state index is 14.4. The van der Waals surface area contributed by atoms with E-state index in [4.69, 9.17) is 17.3 Å². The van der Waals surface area contributed by atoms with Crippen LogP contribution in [0.15, 0.2) is 12.3 Å². The normalized spacial score (nSPS) is 17.8. The van der Waals surface area contributed by atoms with Crippen molar-refractivity contribution in [1.29, 1.82) is 0 Å². The third-order valence-electron chi connectivity index (χ3n) is 5.68. The largest absolute Gasteiger partial charge is 0.390 e. The number of nitrogens with zero attached hydrogens (tertiary/aromatic N) is 4. The van der Waals surface area contributed by atoms with Crippen LogP contribution in [-0.2, 0) is 6.61 Å². The molecule has 1 saturated heterocycles. The number of anilines is 1. The zero-order chi connectivity index (χ0) is 19.8. The van der Waals surface area contributed by atoms with Gasteiger partial charge in [-0.15, -0.1) is 0 Å². The Morgan fingerprint density at radius 3 is 2.63 bits per heavy atom. The molecule has 1 fully saturated rings. The average Bonchev–Trinajstić information content (AvgIpc) is 2.64. The number of aryl methyl sites for hydroxylation is 1. The second kappa shape index (κ2) is 7.66. The van der Waals surface area contributed by atoms with Gasteiger partial charge in [-0.25, -0.2) is 19.3 Å². The molecule has 0 amide bonds. The maximum atomic E-state index is 14.4. The van der Waals surface area contributed by atoms with E-state index in [1.54, 1.807) is 6.92 Å². The molecule has 0 aliphatic carbocycles. The lowest BCUT2D eigenvalue weighted by atomic mass is 9.75. The number of pyridine rings is 1. The molecule has 6 nitrogen and oxygen atoms in total. The molecular formula is C19H25ClFN5O. The van der Waals surface area contributed by atoms with Gasteiger partial charge in [-0.05, 0) is 38.2 Å². The molecular weight excluding hydrogens is 369 g/mol. The standard InChI is InChI=1S/C19H25ClFN5O/c1-11-16(13-4-7-23-17(20)15(13)21)25-14(10-27)18(24-11)26-8-5-19(3,6-9-26)12(2)22/h4,7,12,27H,5-6,8-10,22H2,1-3H3/t12-/m1/s1. The van der Waals surface area contributed by atoms with Crippen molar-refractivity contribution in [2.24, 2.45) is 11.1 Å². The zero-order valence-electron chi connectivity index (χ0n) is 15.8. The lowest BCUT2D eigenvalue weighted by molar-refractivity contribution is 0.204. The third kappa shape index (κ3) is 3.77. The van der Waals surface area contributed by atoms with Crippen molar-refractivity contribution in [1.82, 2.24) is 15.0 Å². The summed E-state index contributed by atoms with van der Waals surface area (Å²) in [4.78, 5) is 15.0. The van der Waals surface area contributed by atoms with Gasteiger partial charge in [0.25, 0.3) is 0 Å². The van der Waals surface area contributed by atoms with Crippen LogP contribution in [0.1, 0.15) is 38.1 Å². The lowest BCUT2D eigenvalue weighted by Gasteiger charge is -2.42. The summed E-state index contributed by atoms with van der Waals surface area (Å²) >= 11 is 5.79. The minimum absolute atomic E-state index is 0.0925. The van der Waals surface area contributed by atoms with Crippen molar-refractivity contribution in [3.8, 4) is 11.3 Å². The molecule has 1 aliphatic rings. The highest BCUT2D eigenvalue weighted by Gasteiger charge is 2.34. The molecule has 0 radical (unpaired) electrons. The van der Waals surface area contributed by atoms with Crippen LogP contribution in [0.2, 0.25) is 5.15 Å². The van der Waals surface area contributed by atoms with E-state index in [1.807, 2.05) is 6.92 Å². The number of halogens is 2. The smallest absolute Gasteiger partial charge is 0.169 e. The number of aliphatic hydroxyl groups is 1. The van der Waals surface area contributed by atoms with Crippen molar-refractivity contribution >= 4 is 17.4 Å². The van der Waals surface area contributed by atoms with Gasteiger partial charge in [0.2, 0.25) is 0 Å². The Kier molecular flexibility index (Phi) is 5.65. The molecule has 0 bridgehead atoms. The molecule has 1 aliphatic heterocycles. The summed E-state index contributed by atoms with van der Waals surface area (Å²) in [6.07, 6.45) is 3.30. The van der Waals surface area contributed by atoms with Crippen LogP contribution < -0.4 is 10.6 Å². The molecule has 27 heavy (non-hydrogen) atoms. The van der Waals surface area contributed by atoms with Crippen LogP contribution in [0, 0.1) is 18.2 Å². The van der Waals surface area contributed by atoms with E-state index in [1.165, 1.54) is 12.3 Å². The molecule has 146 valence electrons. The van der Waals surface area contributed by atoms with E-state index in [0.29, 0.717) is 22.9 Å². The summed E-state index contributed by atoms with van der Waals surface area (Å²) in [6.45, 7) is 7.32. The molecule has 3 rings (SSSR count). The minimum Gasteiger partial charge on any atom is -0.390 e. The van der Waals surface area contributed by atoms with Gasteiger partial charge in [0.15, 0.2) is 16.8 Å². The van der Waals surface area contributed by atoms with E-state index in [9.17, 15) is 9.50 Å². The van der Waals surface area contributed by atoms with Crippen LogP contribution in [0.5, 0.6) is 0 Å². The Morgan fingerprint density at radius 2 is 2.04 bits per heavy atom. The SMILES string of the molecule is Cc1nc(N2CCC(C)([C@@H](C)N)CC2)c(CO)nc1-c1ccnc(Cl)c1F. The maximum Gasteiger partial charge on any atom is 0.169 e. The van der Waals surface area contributed by atoms with Crippen LogP contribution in [0.3, 0.4) is 0 Å². The second-order valence-electron chi connectivity index (χ2n) is 7.48. The molecule has 2 aromatic heterocycles. The Labute approximate surface area is 163 Å². The van der Waals surface area contributed by atoms with Crippen LogP contribution in [0.4, 0.5) is 10.2 Å². The highest BCUT2D eigenvalue weighted by molar-refractivity contribution is 6.29. The highest BCUT2D eigenvalue weighted by Crippen LogP contribution is 2.36. The van der Waals surface area contributed by atoms with E-state index in [-0.39, 0.29) is 28.8 Å². The van der Waals surface area contributed by atoms with Gasteiger partial charge >= 0.3 is 0 Å². The van der Waals surface area contributed by atoms with Crippen molar-refractivity contribution < 1.29 is 9.50 Å². The first-order valence-electron chi connectivity index (χ1n) is 9.06. The minimum atomic E-state index is -0.640. The number of rotatable bonds is 4. The van der Waals surface area contributed by atoms with Gasteiger partial charge in [0, 0.05) is 30.9 Å². The van der Waals surface area contributed by atoms with Crippen molar-refractivity contribution in [3.05, 3.63) is 34.6 Å². The van der Waals surface area contributed by atoms with E-state index >= 15 is 0 Å². The van der Waals surface area contributed by atoms with Gasteiger partial charge in [0.1, 0.15) is 5.69 Å². The first kappa shape index (κ1) is 19.9. The molecule has 0 saturated carbocycles. The first-order chi connectivity index (χ1) is 12.8. The summed E-state index contributed by atoms with van der Waals surface area (Å²) in [5, 5.41) is 9.63. The number of aromatic nitrogens is 3. The number of piperidine rings is 1. The summed E-state index contributed by atoms with van der Waals surface area (Å²) < 4.78 is 14.4. The average molecular weight is 394 g/mol. The zero-order valence-corrected chi connectivity index (χ0v) is 16.6. The molecule has 2 aromatic rings. The number of aliphatic hydroxyl groups excluding tert-OH is 1. The molecule has 0 aromatic carbocycles. The summed E-state index contributed by atoms with van der Waals surface area (Å²) in [6, 6.07) is 1.63.